The van der Waals surface area contributed by atoms with E-state index in [1.807, 2.05) is 18.5 Å². The maximum absolute atomic E-state index is 12.1. The molecule has 0 aliphatic heterocycles. The molecule has 0 saturated carbocycles. The van der Waals surface area contributed by atoms with Gasteiger partial charge in [0.1, 0.15) is 11.0 Å². The number of carboxylic acid groups (broad SMARTS) is 1. The summed E-state index contributed by atoms with van der Waals surface area (Å²) in [5.41, 5.74) is 0. The molecule has 6 nitrogen and oxygen atoms in total. The van der Waals surface area contributed by atoms with E-state index in [1.165, 1.54) is 11.3 Å². The quantitative estimate of drug-likeness (QED) is 0.364. The highest BCUT2D eigenvalue weighted by atomic mass is 32.1. The molecule has 0 aliphatic rings. The van der Waals surface area contributed by atoms with E-state index in [-0.39, 0.29) is 10.1 Å². The number of rotatable bonds is 8. The van der Waals surface area contributed by atoms with Gasteiger partial charge in [-0.25, -0.2) is 9.78 Å². The molecule has 1 atom stereocenters. The van der Waals surface area contributed by atoms with Gasteiger partial charge in [0.15, 0.2) is 8.32 Å². The van der Waals surface area contributed by atoms with Gasteiger partial charge >= 0.3 is 6.09 Å². The summed E-state index contributed by atoms with van der Waals surface area (Å²) >= 11 is 1.45. The molecule has 0 saturated heterocycles. The van der Waals surface area contributed by atoms with Crippen molar-refractivity contribution in [1.82, 2.24) is 10.0 Å². The van der Waals surface area contributed by atoms with Crippen LogP contribution in [0.3, 0.4) is 0 Å². The summed E-state index contributed by atoms with van der Waals surface area (Å²) < 4.78 is 12.5. The minimum atomic E-state index is -2.32. The van der Waals surface area contributed by atoms with Crippen molar-refractivity contribution in [3.63, 3.8) is 0 Å². The summed E-state index contributed by atoms with van der Waals surface area (Å²) in [6.45, 7) is 21.9. The second-order valence-electron chi connectivity index (χ2n) is 10.2. The molecular formula is C19H38N2O4SSi2. The highest BCUT2D eigenvalue weighted by molar-refractivity contribution is 7.09. The first-order valence-electron chi connectivity index (χ1n) is 9.74. The van der Waals surface area contributed by atoms with Gasteiger partial charge in [-0.05, 0) is 42.7 Å². The lowest BCUT2D eigenvalue weighted by molar-refractivity contribution is -0.0871. The molecule has 1 aromatic heterocycles. The van der Waals surface area contributed by atoms with Gasteiger partial charge in [0.05, 0.1) is 0 Å². The van der Waals surface area contributed by atoms with Gasteiger partial charge in [-0.15, -0.1) is 11.3 Å². The Kier molecular flexibility index (Phi) is 8.08. The average molecular weight is 447 g/mol. The Hall–Kier alpha value is -0.746. The Bertz CT molecular complexity index is 637. The van der Waals surface area contributed by atoms with Crippen molar-refractivity contribution in [2.75, 3.05) is 6.61 Å². The Balaban J connectivity index is 3.07. The van der Waals surface area contributed by atoms with Crippen LogP contribution < -0.4 is 0 Å². The van der Waals surface area contributed by atoms with Crippen molar-refractivity contribution in [3.8, 4) is 0 Å². The van der Waals surface area contributed by atoms with Crippen LogP contribution >= 0.6 is 11.3 Å². The highest BCUT2D eigenvalue weighted by Gasteiger charge is 2.43. The lowest BCUT2D eigenvalue weighted by Gasteiger charge is -2.41. The molecule has 9 heteroatoms. The van der Waals surface area contributed by atoms with Crippen LogP contribution in [0.2, 0.25) is 36.3 Å². The molecule has 28 heavy (non-hydrogen) atoms. The summed E-state index contributed by atoms with van der Waals surface area (Å²) in [7, 11) is -4.23. The van der Waals surface area contributed by atoms with Gasteiger partial charge in [0.25, 0.3) is 0 Å². The van der Waals surface area contributed by atoms with Crippen LogP contribution in [0.5, 0.6) is 0 Å². The van der Waals surface area contributed by atoms with Crippen molar-refractivity contribution < 1.29 is 18.9 Å². The minimum Gasteiger partial charge on any atom is -0.463 e. The number of hydrogen-bond acceptors (Lipinski definition) is 5. The molecule has 0 radical (unpaired) electrons. The second-order valence-corrected chi connectivity index (χ2v) is 20.7. The molecular weight excluding hydrogens is 408 g/mol. The third-order valence-electron chi connectivity index (χ3n) is 6.00. The van der Waals surface area contributed by atoms with Gasteiger partial charge in [0, 0.05) is 18.2 Å². The summed E-state index contributed by atoms with van der Waals surface area (Å²) in [6, 6.07) is -0.476. The molecule has 0 fully saturated rings. The van der Waals surface area contributed by atoms with E-state index in [4.69, 9.17) is 8.95 Å². The van der Waals surface area contributed by atoms with Gasteiger partial charge < -0.3 is 14.1 Å². The first kappa shape index (κ1) is 25.3. The van der Waals surface area contributed by atoms with Crippen molar-refractivity contribution in [3.05, 3.63) is 16.6 Å². The van der Waals surface area contributed by atoms with E-state index < -0.39 is 28.8 Å². The molecule has 162 valence electrons. The lowest BCUT2D eigenvalue weighted by atomic mass is 10.2. The van der Waals surface area contributed by atoms with Gasteiger partial charge in [-0.2, -0.15) is 5.06 Å². The number of nitrogens with zero attached hydrogens (tertiary/aromatic N) is 2. The van der Waals surface area contributed by atoms with Crippen LogP contribution in [0.25, 0.3) is 0 Å². The Morgan fingerprint density at radius 1 is 1.14 bits per heavy atom. The van der Waals surface area contributed by atoms with E-state index in [0.29, 0.717) is 13.0 Å². The van der Waals surface area contributed by atoms with Crippen molar-refractivity contribution in [2.24, 2.45) is 0 Å². The largest absolute Gasteiger partial charge is 0.463 e. The first-order valence-corrected chi connectivity index (χ1v) is 16.4. The maximum Gasteiger partial charge on any atom is 0.431 e. The first-order chi connectivity index (χ1) is 12.5. The van der Waals surface area contributed by atoms with E-state index in [2.05, 4.69) is 59.6 Å². The molecule has 1 aromatic rings. The fraction of sp³-hybridized carbons (Fsp3) is 0.789. The molecule has 1 amide bonds. The highest BCUT2D eigenvalue weighted by Crippen LogP contribution is 2.40. The van der Waals surface area contributed by atoms with Crippen molar-refractivity contribution in [1.29, 1.82) is 0 Å². The van der Waals surface area contributed by atoms with Crippen molar-refractivity contribution >= 4 is 34.1 Å². The second kappa shape index (κ2) is 8.95. The zero-order valence-corrected chi connectivity index (χ0v) is 21.9. The number of carbonyl (C=O) groups is 1. The van der Waals surface area contributed by atoms with Crippen LogP contribution in [-0.2, 0) is 8.95 Å². The van der Waals surface area contributed by atoms with Crippen LogP contribution in [0.1, 0.15) is 59.0 Å². The average Bonchev–Trinajstić information content (AvgIpc) is 3.01. The normalized spacial score (nSPS) is 14.8. The topological polar surface area (TPSA) is 71.9 Å². The van der Waals surface area contributed by atoms with Gasteiger partial charge in [0.2, 0.25) is 8.32 Å². The molecule has 1 heterocycles. The SMILES string of the molecule is CC(C)(C)[Si](C)(C)OCCC(c1nccs1)N(O[Si](C)(C)C(C)(C)C)C(=O)O. The van der Waals surface area contributed by atoms with E-state index in [9.17, 15) is 9.90 Å². The summed E-state index contributed by atoms with van der Waals surface area (Å²) in [5, 5.41) is 13.7. The van der Waals surface area contributed by atoms with E-state index in [1.54, 1.807) is 6.20 Å². The van der Waals surface area contributed by atoms with Crippen LogP contribution in [-0.4, -0.2) is 44.5 Å². The fourth-order valence-corrected chi connectivity index (χ4v) is 4.79. The zero-order valence-electron chi connectivity index (χ0n) is 19.1. The van der Waals surface area contributed by atoms with Crippen LogP contribution in [0, 0.1) is 0 Å². The molecule has 0 spiro atoms. The van der Waals surface area contributed by atoms with Crippen molar-refractivity contribution in [2.45, 2.75) is 90.3 Å². The predicted octanol–water partition coefficient (Wildman–Crippen LogP) is 6.51. The Morgan fingerprint density at radius 3 is 2.07 bits per heavy atom. The molecule has 0 bridgehead atoms. The number of aromatic nitrogens is 1. The van der Waals surface area contributed by atoms with E-state index >= 15 is 0 Å². The molecule has 0 aromatic carbocycles. The summed E-state index contributed by atoms with van der Waals surface area (Å²) in [5.74, 6) is 0. The Morgan fingerprint density at radius 2 is 1.68 bits per heavy atom. The Labute approximate surface area is 176 Å². The van der Waals surface area contributed by atoms with Crippen LogP contribution in [0.4, 0.5) is 4.79 Å². The molecule has 1 unspecified atom stereocenters. The molecule has 0 aliphatic carbocycles. The maximum atomic E-state index is 12.1. The number of thiazole rings is 1. The monoisotopic (exact) mass is 446 g/mol. The fourth-order valence-electron chi connectivity index (χ4n) is 2.00. The molecule has 1 rings (SSSR count). The van der Waals surface area contributed by atoms with Gasteiger partial charge in [-0.3, -0.25) is 0 Å². The number of hydroxylamine groups is 2. The predicted molar refractivity (Wildman–Crippen MR) is 121 cm³/mol. The molecule has 1 N–H and O–H groups in total. The number of amides is 1. The standard InChI is InChI=1S/C19H38N2O4SSi2/c1-18(2,3)27(7,8)24-13-11-15(16-20-12-14-26-16)21(17(22)23)25-28(9,10)19(4,5)6/h12,14-15H,11,13H2,1-10H3,(H,22,23). The smallest absolute Gasteiger partial charge is 0.431 e. The van der Waals surface area contributed by atoms with Crippen LogP contribution in [0.15, 0.2) is 11.6 Å². The summed E-state index contributed by atoms with van der Waals surface area (Å²) in [4.78, 5) is 16.5. The lowest BCUT2D eigenvalue weighted by Crippen LogP contribution is -2.49. The third-order valence-corrected chi connectivity index (χ3v) is 15.7. The zero-order chi connectivity index (χ0) is 22.0. The summed E-state index contributed by atoms with van der Waals surface area (Å²) in [6.07, 6.45) is 1.13. The van der Waals surface area contributed by atoms with E-state index in [0.717, 1.165) is 10.1 Å². The minimum absolute atomic E-state index is 0.105. The van der Waals surface area contributed by atoms with Gasteiger partial charge in [-0.1, -0.05) is 41.5 Å². The number of hydrogen-bond donors (Lipinski definition) is 1. The third kappa shape index (κ3) is 6.38.